The molecule has 0 radical (unpaired) electrons. The molecule has 2 heterocycles. The van der Waals surface area contributed by atoms with Crippen LogP contribution < -0.4 is 5.01 Å². The number of aryl methyl sites for hydroxylation is 1. The summed E-state index contributed by atoms with van der Waals surface area (Å²) in [7, 11) is 0. The highest BCUT2D eigenvalue weighted by Gasteiger charge is 2.08. The van der Waals surface area contributed by atoms with Gasteiger partial charge in [0.1, 0.15) is 5.82 Å². The van der Waals surface area contributed by atoms with Gasteiger partial charge in [-0.3, -0.25) is 0 Å². The molecule has 0 spiro atoms. The molecule has 0 aliphatic carbocycles. The second-order valence-corrected chi connectivity index (χ2v) is 3.40. The number of pyridine rings is 1. The van der Waals surface area contributed by atoms with Crippen molar-refractivity contribution in [1.82, 2.24) is 4.98 Å². The highest BCUT2D eigenvalue weighted by atomic mass is 15.5. The molecule has 74 valence electrons. The van der Waals surface area contributed by atoms with Gasteiger partial charge in [0.2, 0.25) is 0 Å². The predicted molar refractivity (Wildman–Crippen MR) is 58.7 cm³/mol. The molecule has 1 aromatic rings. The van der Waals surface area contributed by atoms with Crippen molar-refractivity contribution >= 4 is 12.0 Å². The molecule has 1 aliphatic heterocycles. The quantitative estimate of drug-likeness (QED) is 0.713. The summed E-state index contributed by atoms with van der Waals surface area (Å²) >= 11 is 0. The van der Waals surface area contributed by atoms with E-state index in [1.54, 1.807) is 0 Å². The summed E-state index contributed by atoms with van der Waals surface area (Å²) in [5.41, 5.74) is 1.13. The Morgan fingerprint density at radius 3 is 3.07 bits per heavy atom. The molecule has 0 aromatic carbocycles. The molecule has 0 N–H and O–H groups in total. The first-order chi connectivity index (χ1) is 6.90. The monoisotopic (exact) mass is 189 g/mol. The first kappa shape index (κ1) is 9.19. The van der Waals surface area contributed by atoms with Gasteiger partial charge in [-0.15, -0.1) is 0 Å². The molecule has 0 unspecified atom stereocenters. The van der Waals surface area contributed by atoms with Gasteiger partial charge in [0.05, 0.1) is 0 Å². The lowest BCUT2D eigenvalue weighted by atomic mass is 10.2. The summed E-state index contributed by atoms with van der Waals surface area (Å²) in [6.45, 7) is 3.10. The average Bonchev–Trinajstić information content (AvgIpc) is 2.30. The summed E-state index contributed by atoms with van der Waals surface area (Å²) in [4.78, 5) is 4.53. The van der Waals surface area contributed by atoms with Crippen LogP contribution in [0.15, 0.2) is 23.3 Å². The molecule has 14 heavy (non-hydrogen) atoms. The zero-order valence-corrected chi connectivity index (χ0v) is 8.48. The van der Waals surface area contributed by atoms with Crippen molar-refractivity contribution in [3.8, 4) is 0 Å². The minimum absolute atomic E-state index is 0.973. The maximum atomic E-state index is 4.53. The lowest BCUT2D eigenvalue weighted by Crippen LogP contribution is -2.22. The zero-order chi connectivity index (χ0) is 9.80. The Kier molecular flexibility index (Phi) is 2.77. The van der Waals surface area contributed by atoms with Gasteiger partial charge in [0, 0.05) is 18.5 Å². The van der Waals surface area contributed by atoms with E-state index < -0.39 is 0 Å². The minimum atomic E-state index is 0.973. The van der Waals surface area contributed by atoms with Crippen molar-refractivity contribution in [3.05, 3.63) is 23.9 Å². The molecule has 0 amide bonds. The standard InChI is InChI=1S/C11H15N3/c1-2-10-6-5-7-11(13-10)14-9-4-3-8-12-14/h5-8H,2-4,9H2,1H3. The summed E-state index contributed by atoms with van der Waals surface area (Å²) in [5, 5.41) is 6.30. The molecule has 2 rings (SSSR count). The van der Waals surface area contributed by atoms with Crippen LogP contribution in [0.3, 0.4) is 0 Å². The van der Waals surface area contributed by atoms with Crippen molar-refractivity contribution in [1.29, 1.82) is 0 Å². The molecule has 0 bridgehead atoms. The number of aromatic nitrogens is 1. The van der Waals surface area contributed by atoms with Crippen molar-refractivity contribution in [2.75, 3.05) is 11.6 Å². The Bertz CT molecular complexity index is 333. The van der Waals surface area contributed by atoms with Gasteiger partial charge in [-0.25, -0.2) is 9.99 Å². The van der Waals surface area contributed by atoms with Gasteiger partial charge in [-0.1, -0.05) is 13.0 Å². The maximum absolute atomic E-state index is 4.53. The Balaban J connectivity index is 2.22. The lowest BCUT2D eigenvalue weighted by molar-refractivity contribution is 0.738. The van der Waals surface area contributed by atoms with Crippen LogP contribution in [0, 0.1) is 0 Å². The molecule has 1 aliphatic rings. The van der Waals surface area contributed by atoms with Crippen LogP contribution >= 0.6 is 0 Å². The number of hydrazone groups is 1. The second kappa shape index (κ2) is 4.22. The van der Waals surface area contributed by atoms with Gasteiger partial charge >= 0.3 is 0 Å². The number of rotatable bonds is 2. The predicted octanol–water partition coefficient (Wildman–Crippen LogP) is 2.23. The summed E-state index contributed by atoms with van der Waals surface area (Å²) in [6.07, 6.45) is 5.20. The number of anilines is 1. The normalized spacial score (nSPS) is 15.9. The van der Waals surface area contributed by atoms with Crippen LogP contribution in [-0.2, 0) is 6.42 Å². The summed E-state index contributed by atoms with van der Waals surface area (Å²) in [6, 6.07) is 6.12. The average molecular weight is 189 g/mol. The van der Waals surface area contributed by atoms with Crippen LogP contribution in [0.5, 0.6) is 0 Å². The van der Waals surface area contributed by atoms with Crippen LogP contribution in [0.2, 0.25) is 0 Å². The van der Waals surface area contributed by atoms with E-state index in [1.807, 2.05) is 23.4 Å². The molecule has 0 saturated carbocycles. The third-order valence-electron chi connectivity index (χ3n) is 2.34. The smallest absolute Gasteiger partial charge is 0.149 e. The van der Waals surface area contributed by atoms with Crippen molar-refractivity contribution in [2.45, 2.75) is 26.2 Å². The third kappa shape index (κ3) is 1.92. The molecule has 0 saturated heterocycles. The van der Waals surface area contributed by atoms with Crippen LogP contribution in [0.25, 0.3) is 0 Å². The van der Waals surface area contributed by atoms with Gasteiger partial charge in [0.25, 0.3) is 0 Å². The fourth-order valence-electron chi connectivity index (χ4n) is 1.53. The third-order valence-corrected chi connectivity index (χ3v) is 2.34. The maximum Gasteiger partial charge on any atom is 0.149 e. The van der Waals surface area contributed by atoms with E-state index in [2.05, 4.69) is 23.1 Å². The van der Waals surface area contributed by atoms with Gasteiger partial charge < -0.3 is 0 Å². The first-order valence-corrected chi connectivity index (χ1v) is 5.16. The van der Waals surface area contributed by atoms with E-state index >= 15 is 0 Å². The summed E-state index contributed by atoms with van der Waals surface area (Å²) < 4.78 is 0. The SMILES string of the molecule is CCc1cccc(N2CCCC=N2)n1. The summed E-state index contributed by atoms with van der Waals surface area (Å²) in [5.74, 6) is 0.973. The van der Waals surface area contributed by atoms with E-state index in [0.717, 1.165) is 30.9 Å². The molecular weight excluding hydrogens is 174 g/mol. The van der Waals surface area contributed by atoms with Gasteiger partial charge in [0.15, 0.2) is 0 Å². The van der Waals surface area contributed by atoms with E-state index in [4.69, 9.17) is 0 Å². The molecular formula is C11H15N3. The zero-order valence-electron chi connectivity index (χ0n) is 8.48. The van der Waals surface area contributed by atoms with Gasteiger partial charge in [-0.05, 0) is 31.4 Å². The Morgan fingerprint density at radius 1 is 1.43 bits per heavy atom. The Morgan fingerprint density at radius 2 is 2.36 bits per heavy atom. The fourth-order valence-corrected chi connectivity index (χ4v) is 1.53. The molecule has 0 atom stereocenters. The topological polar surface area (TPSA) is 28.5 Å². The van der Waals surface area contributed by atoms with E-state index in [0.29, 0.717) is 0 Å². The number of nitrogens with zero attached hydrogens (tertiary/aromatic N) is 3. The van der Waals surface area contributed by atoms with E-state index in [9.17, 15) is 0 Å². The Labute approximate surface area is 84.5 Å². The van der Waals surface area contributed by atoms with Crippen molar-refractivity contribution < 1.29 is 0 Å². The van der Waals surface area contributed by atoms with Crippen LogP contribution in [-0.4, -0.2) is 17.7 Å². The number of hydrogen-bond acceptors (Lipinski definition) is 3. The van der Waals surface area contributed by atoms with E-state index in [1.165, 1.54) is 6.42 Å². The van der Waals surface area contributed by atoms with Crippen molar-refractivity contribution in [2.24, 2.45) is 5.10 Å². The minimum Gasteiger partial charge on any atom is -0.248 e. The molecule has 3 nitrogen and oxygen atoms in total. The molecule has 0 fully saturated rings. The fraction of sp³-hybridized carbons (Fsp3) is 0.455. The molecule has 3 heteroatoms. The lowest BCUT2D eigenvalue weighted by Gasteiger charge is -2.20. The number of hydrogen-bond donors (Lipinski definition) is 0. The largest absolute Gasteiger partial charge is 0.248 e. The Hall–Kier alpha value is -1.38. The van der Waals surface area contributed by atoms with E-state index in [-0.39, 0.29) is 0 Å². The van der Waals surface area contributed by atoms with Gasteiger partial charge in [-0.2, -0.15) is 5.10 Å². The highest BCUT2D eigenvalue weighted by Crippen LogP contribution is 2.15. The van der Waals surface area contributed by atoms with Crippen LogP contribution in [0.1, 0.15) is 25.5 Å². The highest BCUT2D eigenvalue weighted by molar-refractivity contribution is 5.61. The molecule has 1 aromatic heterocycles. The van der Waals surface area contributed by atoms with Crippen molar-refractivity contribution in [3.63, 3.8) is 0 Å². The van der Waals surface area contributed by atoms with Crippen LogP contribution in [0.4, 0.5) is 5.82 Å². The first-order valence-electron chi connectivity index (χ1n) is 5.16. The second-order valence-electron chi connectivity index (χ2n) is 3.40.